The van der Waals surface area contributed by atoms with E-state index in [-0.39, 0.29) is 11.7 Å². The van der Waals surface area contributed by atoms with Gasteiger partial charge in [-0.1, -0.05) is 18.2 Å². The Hall–Kier alpha value is -1.55. The van der Waals surface area contributed by atoms with E-state index in [9.17, 15) is 4.79 Å². The van der Waals surface area contributed by atoms with E-state index < -0.39 is 0 Å². The molecule has 0 unspecified atom stereocenters. The molecule has 1 saturated heterocycles. The van der Waals surface area contributed by atoms with E-state index in [1.165, 1.54) is 6.42 Å². The van der Waals surface area contributed by atoms with E-state index in [0.29, 0.717) is 6.54 Å². The number of benzene rings is 1. The van der Waals surface area contributed by atoms with Crippen molar-refractivity contribution in [3.63, 3.8) is 0 Å². The third-order valence-electron chi connectivity index (χ3n) is 4.08. The van der Waals surface area contributed by atoms with E-state index in [4.69, 9.17) is 10.5 Å². The number of nitrogens with zero attached hydrogens (tertiary/aromatic N) is 1. The summed E-state index contributed by atoms with van der Waals surface area (Å²) in [5.74, 6) is 0. The van der Waals surface area contributed by atoms with Gasteiger partial charge >= 0.3 is 6.09 Å². The Morgan fingerprint density at radius 1 is 1.28 bits per heavy atom. The van der Waals surface area contributed by atoms with Crippen molar-refractivity contribution in [2.24, 2.45) is 5.73 Å². The molecule has 1 aromatic rings. The predicted octanol–water partition coefficient (Wildman–Crippen LogP) is 2.41. The van der Waals surface area contributed by atoms with Gasteiger partial charge in [0.25, 0.3) is 0 Å². The molecule has 96 valence electrons. The van der Waals surface area contributed by atoms with Gasteiger partial charge in [-0.15, -0.1) is 0 Å². The second-order valence-corrected chi connectivity index (χ2v) is 5.14. The molecule has 18 heavy (non-hydrogen) atoms. The molecular weight excluding hydrogens is 228 g/mol. The molecule has 0 radical (unpaired) electrons. The predicted molar refractivity (Wildman–Crippen MR) is 69.4 cm³/mol. The lowest BCUT2D eigenvalue weighted by atomic mass is 9.77. The molecule has 2 aliphatic rings. The highest BCUT2D eigenvalue weighted by Crippen LogP contribution is 2.42. The Bertz CT molecular complexity index is 469. The average Bonchev–Trinajstić information content (AvgIpc) is 2.37. The van der Waals surface area contributed by atoms with Crippen LogP contribution in [0.1, 0.15) is 31.2 Å². The molecule has 1 heterocycles. The zero-order chi connectivity index (χ0) is 12.6. The van der Waals surface area contributed by atoms with Crippen LogP contribution in [-0.4, -0.2) is 18.2 Å². The summed E-state index contributed by atoms with van der Waals surface area (Å²) in [6.45, 7) is 1.17. The van der Waals surface area contributed by atoms with Crippen molar-refractivity contribution < 1.29 is 9.53 Å². The Morgan fingerprint density at radius 3 is 2.67 bits per heavy atom. The molecule has 1 spiro atoms. The van der Waals surface area contributed by atoms with Crippen LogP contribution in [0.15, 0.2) is 24.3 Å². The summed E-state index contributed by atoms with van der Waals surface area (Å²) in [6.07, 6.45) is 3.92. The van der Waals surface area contributed by atoms with Crippen molar-refractivity contribution in [3.05, 3.63) is 29.8 Å². The van der Waals surface area contributed by atoms with E-state index in [1.54, 1.807) is 4.90 Å². The van der Waals surface area contributed by atoms with Gasteiger partial charge in [0, 0.05) is 19.5 Å². The average molecular weight is 246 g/mol. The highest BCUT2D eigenvalue weighted by Gasteiger charge is 2.45. The van der Waals surface area contributed by atoms with Crippen molar-refractivity contribution in [2.75, 3.05) is 11.4 Å². The topological polar surface area (TPSA) is 55.6 Å². The fourth-order valence-electron chi connectivity index (χ4n) is 2.79. The molecule has 1 aromatic carbocycles. The number of para-hydroxylation sites is 1. The maximum Gasteiger partial charge on any atom is 0.414 e. The third-order valence-corrected chi connectivity index (χ3v) is 4.08. The first kappa shape index (κ1) is 11.5. The van der Waals surface area contributed by atoms with Gasteiger partial charge in [0.2, 0.25) is 0 Å². The fraction of sp³-hybridized carbons (Fsp3) is 0.500. The van der Waals surface area contributed by atoms with Gasteiger partial charge in [-0.2, -0.15) is 0 Å². The van der Waals surface area contributed by atoms with Crippen molar-refractivity contribution >= 4 is 11.8 Å². The van der Waals surface area contributed by atoms with Crippen molar-refractivity contribution in [1.29, 1.82) is 0 Å². The largest absolute Gasteiger partial charge is 0.442 e. The lowest BCUT2D eigenvalue weighted by molar-refractivity contribution is -0.0610. The molecule has 3 rings (SSSR count). The number of hydrogen-bond donors (Lipinski definition) is 1. The normalized spacial score (nSPS) is 21.6. The Kier molecular flexibility index (Phi) is 2.74. The number of ether oxygens (including phenoxy) is 1. The van der Waals surface area contributed by atoms with Crippen LogP contribution in [-0.2, 0) is 11.3 Å². The van der Waals surface area contributed by atoms with Crippen LogP contribution in [0.3, 0.4) is 0 Å². The third kappa shape index (κ3) is 1.77. The van der Waals surface area contributed by atoms with E-state index in [2.05, 4.69) is 0 Å². The standard InChI is InChI=1S/C14H18N2O2/c15-10-11-4-1-2-5-12(11)16-9-8-14(6-3-7-14)18-13(16)17/h1-2,4-5H,3,6-10,15H2. The Balaban J connectivity index is 1.83. The zero-order valence-electron chi connectivity index (χ0n) is 10.4. The second kappa shape index (κ2) is 4.28. The van der Waals surface area contributed by atoms with E-state index >= 15 is 0 Å². The summed E-state index contributed by atoms with van der Waals surface area (Å²) in [6, 6.07) is 7.75. The fourth-order valence-corrected chi connectivity index (χ4v) is 2.79. The summed E-state index contributed by atoms with van der Waals surface area (Å²) >= 11 is 0. The molecule has 1 saturated carbocycles. The van der Waals surface area contributed by atoms with Crippen molar-refractivity contribution in [3.8, 4) is 0 Å². The minimum Gasteiger partial charge on any atom is -0.442 e. The first-order chi connectivity index (χ1) is 8.74. The second-order valence-electron chi connectivity index (χ2n) is 5.14. The molecule has 1 amide bonds. The summed E-state index contributed by atoms with van der Waals surface area (Å²) in [7, 11) is 0. The molecule has 4 nitrogen and oxygen atoms in total. The number of nitrogens with two attached hydrogens (primary N) is 1. The van der Waals surface area contributed by atoms with Gasteiger partial charge in [0.1, 0.15) is 5.60 Å². The van der Waals surface area contributed by atoms with Crippen LogP contribution >= 0.6 is 0 Å². The monoisotopic (exact) mass is 246 g/mol. The summed E-state index contributed by atoms with van der Waals surface area (Å²) in [4.78, 5) is 13.8. The number of anilines is 1. The van der Waals surface area contributed by atoms with Gasteiger partial charge in [-0.3, -0.25) is 4.90 Å². The van der Waals surface area contributed by atoms with E-state index in [1.807, 2.05) is 24.3 Å². The molecule has 2 N–H and O–H groups in total. The van der Waals surface area contributed by atoms with Crippen LogP contribution in [0.4, 0.5) is 10.5 Å². The first-order valence-electron chi connectivity index (χ1n) is 6.53. The number of carbonyl (C=O) groups excluding carboxylic acids is 1. The molecule has 4 heteroatoms. The molecule has 0 bridgehead atoms. The molecule has 0 aromatic heterocycles. The van der Waals surface area contributed by atoms with Gasteiger partial charge < -0.3 is 10.5 Å². The zero-order valence-corrected chi connectivity index (χ0v) is 10.4. The van der Waals surface area contributed by atoms with Gasteiger partial charge in [-0.25, -0.2) is 4.79 Å². The highest BCUT2D eigenvalue weighted by molar-refractivity contribution is 5.89. The molecule has 2 fully saturated rings. The van der Waals surface area contributed by atoms with Crippen LogP contribution < -0.4 is 10.6 Å². The molecule has 1 aliphatic carbocycles. The van der Waals surface area contributed by atoms with Gasteiger partial charge in [-0.05, 0) is 30.9 Å². The van der Waals surface area contributed by atoms with Crippen LogP contribution in [0.25, 0.3) is 0 Å². The SMILES string of the molecule is NCc1ccccc1N1CCC2(CCC2)OC1=O. The number of carbonyl (C=O) groups is 1. The number of hydrogen-bond acceptors (Lipinski definition) is 3. The highest BCUT2D eigenvalue weighted by atomic mass is 16.6. The molecule has 0 atom stereocenters. The van der Waals surface area contributed by atoms with Crippen molar-refractivity contribution in [2.45, 2.75) is 37.8 Å². The lowest BCUT2D eigenvalue weighted by Crippen LogP contribution is -2.53. The minimum absolute atomic E-state index is 0.148. The quantitative estimate of drug-likeness (QED) is 0.871. The van der Waals surface area contributed by atoms with Crippen LogP contribution in [0.2, 0.25) is 0 Å². The van der Waals surface area contributed by atoms with Crippen LogP contribution in [0.5, 0.6) is 0 Å². The maximum absolute atomic E-state index is 12.1. The minimum atomic E-state index is -0.221. The summed E-state index contributed by atoms with van der Waals surface area (Å²) in [5.41, 5.74) is 7.44. The van der Waals surface area contributed by atoms with Crippen LogP contribution in [0, 0.1) is 0 Å². The van der Waals surface area contributed by atoms with Gasteiger partial charge in [0.05, 0.1) is 5.69 Å². The lowest BCUT2D eigenvalue weighted by Gasteiger charge is -2.46. The molecular formula is C14H18N2O2. The Labute approximate surface area is 107 Å². The first-order valence-corrected chi connectivity index (χ1v) is 6.53. The Morgan fingerprint density at radius 2 is 2.06 bits per heavy atom. The van der Waals surface area contributed by atoms with Crippen molar-refractivity contribution in [1.82, 2.24) is 0 Å². The summed E-state index contributed by atoms with van der Waals surface area (Å²) in [5, 5.41) is 0. The number of rotatable bonds is 2. The van der Waals surface area contributed by atoms with Gasteiger partial charge in [0.15, 0.2) is 0 Å². The molecule has 1 aliphatic heterocycles. The maximum atomic E-state index is 12.1. The number of amides is 1. The smallest absolute Gasteiger partial charge is 0.414 e. The summed E-state index contributed by atoms with van der Waals surface area (Å²) < 4.78 is 5.62. The van der Waals surface area contributed by atoms with E-state index in [0.717, 1.165) is 37.1 Å².